The zero-order valence-electron chi connectivity index (χ0n) is 12.5. The van der Waals surface area contributed by atoms with E-state index in [2.05, 4.69) is 9.44 Å². The van der Waals surface area contributed by atoms with E-state index in [0.717, 1.165) is 11.1 Å². The molecule has 21 heavy (non-hydrogen) atoms. The van der Waals surface area contributed by atoms with Gasteiger partial charge in [0, 0.05) is 13.1 Å². The maximum Gasteiger partial charge on any atom is 0.240 e. The zero-order valence-corrected chi connectivity index (χ0v) is 14.1. The van der Waals surface area contributed by atoms with Gasteiger partial charge >= 0.3 is 0 Å². The van der Waals surface area contributed by atoms with E-state index in [4.69, 9.17) is 0 Å². The van der Waals surface area contributed by atoms with E-state index in [0.29, 0.717) is 6.42 Å². The van der Waals surface area contributed by atoms with Gasteiger partial charge in [0.2, 0.25) is 20.0 Å². The summed E-state index contributed by atoms with van der Waals surface area (Å²) >= 11 is 0. The molecule has 0 amide bonds. The van der Waals surface area contributed by atoms with Gasteiger partial charge in [0.05, 0.1) is 10.6 Å². The van der Waals surface area contributed by atoms with Gasteiger partial charge in [-0.2, -0.15) is 0 Å². The third kappa shape index (κ3) is 5.74. The van der Waals surface area contributed by atoms with E-state index < -0.39 is 20.0 Å². The number of nitrogens with one attached hydrogen (secondary N) is 2. The molecule has 0 aromatic heterocycles. The van der Waals surface area contributed by atoms with Crippen molar-refractivity contribution in [1.82, 2.24) is 9.44 Å². The highest BCUT2D eigenvalue weighted by atomic mass is 32.2. The fourth-order valence-corrected chi connectivity index (χ4v) is 3.41. The van der Waals surface area contributed by atoms with E-state index in [1.54, 1.807) is 25.1 Å². The molecule has 0 radical (unpaired) electrons. The van der Waals surface area contributed by atoms with Crippen LogP contribution in [0.2, 0.25) is 0 Å². The minimum absolute atomic E-state index is 0.0152. The smallest absolute Gasteiger partial charge is 0.215 e. The van der Waals surface area contributed by atoms with Crippen LogP contribution in [0.4, 0.5) is 0 Å². The molecule has 0 aliphatic carbocycles. The maximum atomic E-state index is 12.1. The molecule has 0 aliphatic heterocycles. The molecule has 2 N–H and O–H groups in total. The van der Waals surface area contributed by atoms with Crippen molar-refractivity contribution in [1.29, 1.82) is 0 Å². The summed E-state index contributed by atoms with van der Waals surface area (Å²) in [7, 11) is -6.77. The summed E-state index contributed by atoms with van der Waals surface area (Å²) < 4.78 is 51.4. The van der Waals surface area contributed by atoms with Crippen molar-refractivity contribution in [3.63, 3.8) is 0 Å². The van der Waals surface area contributed by atoms with Crippen LogP contribution in [0.15, 0.2) is 23.1 Å². The highest BCUT2D eigenvalue weighted by molar-refractivity contribution is 7.89. The Labute approximate surface area is 127 Å². The number of benzene rings is 1. The minimum Gasteiger partial charge on any atom is -0.215 e. The first-order chi connectivity index (χ1) is 9.68. The highest BCUT2D eigenvalue weighted by Gasteiger charge is 2.14. The van der Waals surface area contributed by atoms with Crippen molar-refractivity contribution >= 4 is 20.0 Å². The summed E-state index contributed by atoms with van der Waals surface area (Å²) in [6.45, 7) is 5.71. The number of sulfonamides is 2. The molecule has 0 saturated carbocycles. The highest BCUT2D eigenvalue weighted by Crippen LogP contribution is 2.14. The first kappa shape index (κ1) is 18.1. The van der Waals surface area contributed by atoms with Gasteiger partial charge < -0.3 is 0 Å². The topological polar surface area (TPSA) is 92.3 Å². The summed E-state index contributed by atoms with van der Waals surface area (Å²) in [6, 6.07) is 4.95. The Kier molecular flexibility index (Phi) is 6.33. The molecule has 6 nitrogen and oxygen atoms in total. The van der Waals surface area contributed by atoms with Crippen LogP contribution in [0.5, 0.6) is 0 Å². The van der Waals surface area contributed by atoms with Crippen molar-refractivity contribution in [3.05, 3.63) is 29.3 Å². The molecule has 0 bridgehead atoms. The first-order valence-electron chi connectivity index (χ1n) is 6.72. The second kappa shape index (κ2) is 7.35. The monoisotopic (exact) mass is 334 g/mol. The third-order valence-electron chi connectivity index (χ3n) is 3.14. The molecule has 0 saturated heterocycles. The van der Waals surface area contributed by atoms with Crippen molar-refractivity contribution in [3.8, 4) is 0 Å². The van der Waals surface area contributed by atoms with Crippen LogP contribution >= 0.6 is 0 Å². The molecule has 8 heteroatoms. The van der Waals surface area contributed by atoms with Gasteiger partial charge in [-0.15, -0.1) is 0 Å². The fourth-order valence-electron chi connectivity index (χ4n) is 1.59. The van der Waals surface area contributed by atoms with Crippen LogP contribution in [0.3, 0.4) is 0 Å². The molecule has 0 spiro atoms. The summed E-state index contributed by atoms with van der Waals surface area (Å²) in [6.07, 6.45) is 0.392. The normalized spacial score (nSPS) is 12.5. The molecule has 1 rings (SSSR count). The number of hydrogen-bond donors (Lipinski definition) is 2. The van der Waals surface area contributed by atoms with Crippen LogP contribution in [0, 0.1) is 13.8 Å². The van der Waals surface area contributed by atoms with Crippen LogP contribution < -0.4 is 9.44 Å². The average Bonchev–Trinajstić information content (AvgIpc) is 2.41. The number of aryl methyl sites for hydroxylation is 2. The Morgan fingerprint density at radius 1 is 0.952 bits per heavy atom. The molecule has 0 heterocycles. The third-order valence-corrected chi connectivity index (χ3v) is 6.00. The van der Waals surface area contributed by atoms with E-state index in [-0.39, 0.29) is 23.7 Å². The lowest BCUT2D eigenvalue weighted by Crippen LogP contribution is -2.30. The van der Waals surface area contributed by atoms with Gasteiger partial charge in [0.1, 0.15) is 0 Å². The lowest BCUT2D eigenvalue weighted by molar-refractivity contribution is 0.573. The minimum atomic E-state index is -3.55. The van der Waals surface area contributed by atoms with Gasteiger partial charge in [-0.05, 0) is 50.5 Å². The first-order valence-corrected chi connectivity index (χ1v) is 9.86. The summed E-state index contributed by atoms with van der Waals surface area (Å²) in [5.74, 6) is 0.0152. The maximum absolute atomic E-state index is 12.1. The largest absolute Gasteiger partial charge is 0.240 e. The van der Waals surface area contributed by atoms with Crippen molar-refractivity contribution in [2.24, 2.45) is 0 Å². The van der Waals surface area contributed by atoms with Gasteiger partial charge in [-0.25, -0.2) is 26.3 Å². The Bertz CT molecular complexity index is 682. The van der Waals surface area contributed by atoms with Gasteiger partial charge in [0.15, 0.2) is 0 Å². The van der Waals surface area contributed by atoms with Crippen molar-refractivity contribution in [2.75, 3.05) is 18.8 Å². The quantitative estimate of drug-likeness (QED) is 0.691. The van der Waals surface area contributed by atoms with Crippen LogP contribution in [-0.2, 0) is 20.0 Å². The second-order valence-corrected chi connectivity index (χ2v) is 8.66. The molecule has 0 aliphatic rings. The van der Waals surface area contributed by atoms with Crippen molar-refractivity contribution in [2.45, 2.75) is 32.1 Å². The molecular formula is C13H22N2O4S2. The van der Waals surface area contributed by atoms with Gasteiger partial charge in [-0.3, -0.25) is 0 Å². The zero-order chi connectivity index (χ0) is 16.1. The SMILES string of the molecule is CCS(=O)(=O)NCCCNS(=O)(=O)c1ccc(C)c(C)c1. The number of rotatable bonds is 8. The van der Waals surface area contributed by atoms with E-state index in [9.17, 15) is 16.8 Å². The Morgan fingerprint density at radius 3 is 2.14 bits per heavy atom. The Hall–Kier alpha value is -0.960. The molecule has 0 unspecified atom stereocenters. The summed E-state index contributed by atoms with van der Waals surface area (Å²) in [5.41, 5.74) is 1.94. The predicted octanol–water partition coefficient (Wildman–Crippen LogP) is 0.911. The predicted molar refractivity (Wildman–Crippen MR) is 83.2 cm³/mol. The Morgan fingerprint density at radius 2 is 1.57 bits per heavy atom. The second-order valence-electron chi connectivity index (χ2n) is 4.80. The van der Waals surface area contributed by atoms with Crippen LogP contribution in [-0.4, -0.2) is 35.7 Å². The van der Waals surface area contributed by atoms with E-state index >= 15 is 0 Å². The molecule has 1 aromatic rings. The molecule has 0 fully saturated rings. The lowest BCUT2D eigenvalue weighted by Gasteiger charge is -2.09. The standard InChI is InChI=1S/C13H22N2O4S2/c1-4-20(16,17)14-8-5-9-15-21(18,19)13-7-6-11(2)12(3)10-13/h6-7,10,14-15H,4-5,8-9H2,1-3H3. The summed E-state index contributed by atoms with van der Waals surface area (Å²) in [5, 5.41) is 0. The van der Waals surface area contributed by atoms with Crippen LogP contribution in [0.1, 0.15) is 24.5 Å². The molecule has 120 valence electrons. The van der Waals surface area contributed by atoms with E-state index in [1.165, 1.54) is 0 Å². The van der Waals surface area contributed by atoms with E-state index in [1.807, 2.05) is 13.8 Å². The number of hydrogen-bond acceptors (Lipinski definition) is 4. The Balaban J connectivity index is 2.52. The molecule has 1 aromatic carbocycles. The van der Waals surface area contributed by atoms with Crippen molar-refractivity contribution < 1.29 is 16.8 Å². The summed E-state index contributed by atoms with van der Waals surface area (Å²) in [4.78, 5) is 0.222. The molecular weight excluding hydrogens is 312 g/mol. The van der Waals surface area contributed by atoms with Gasteiger partial charge in [0.25, 0.3) is 0 Å². The molecule has 0 atom stereocenters. The van der Waals surface area contributed by atoms with Gasteiger partial charge in [-0.1, -0.05) is 6.07 Å². The average molecular weight is 334 g/mol. The fraction of sp³-hybridized carbons (Fsp3) is 0.538. The lowest BCUT2D eigenvalue weighted by atomic mass is 10.1. The van der Waals surface area contributed by atoms with Crippen LogP contribution in [0.25, 0.3) is 0 Å².